The average Bonchev–Trinajstić information content (AvgIpc) is 0.771. The molecule has 3 amide bonds. The molecule has 0 saturated carbocycles. The summed E-state index contributed by atoms with van der Waals surface area (Å²) in [6.45, 7) is 15.7. The number of rotatable bonds is 28. The molecule has 28 heteroatoms. The molecule has 0 aliphatic heterocycles. The zero-order valence-corrected chi connectivity index (χ0v) is 67.4. The van der Waals surface area contributed by atoms with E-state index in [0.29, 0.717) is 104 Å². The predicted octanol–water partition coefficient (Wildman–Crippen LogP) is 17.9. The molecule has 3 heterocycles. The van der Waals surface area contributed by atoms with Crippen molar-refractivity contribution in [1.29, 1.82) is 0 Å². The minimum Gasteiger partial charge on any atom is -0.380 e. The molecule has 0 aliphatic carbocycles. The molecule has 18 nitrogen and oxygen atoms in total. The van der Waals surface area contributed by atoms with Crippen molar-refractivity contribution in [2.24, 2.45) is 0 Å². The number of alkyl halides is 9. The van der Waals surface area contributed by atoms with Crippen LogP contribution in [0.25, 0.3) is 49.8 Å². The number of aryl methyl sites for hydroxylation is 1. The van der Waals surface area contributed by atoms with Crippen LogP contribution in [0.4, 0.5) is 39.5 Å². The highest BCUT2D eigenvalue weighted by atomic mass is 127. The Morgan fingerprint density at radius 3 is 0.889 bits per heavy atom. The summed E-state index contributed by atoms with van der Waals surface area (Å²) in [5, 5.41) is 1.35. The molecule has 0 bridgehead atoms. The minimum atomic E-state index is -4.46. The average molecular weight is 1720 g/mol. The molecule has 3 atom stereocenters. The Labute approximate surface area is 683 Å². The second-order valence-electron chi connectivity index (χ2n) is 27.2. The molecule has 3 aromatic heterocycles. The van der Waals surface area contributed by atoms with Crippen molar-refractivity contribution >= 4 is 73.0 Å². The maximum Gasteiger partial charge on any atom is 0.416 e. The van der Waals surface area contributed by atoms with Crippen molar-refractivity contribution in [2.45, 2.75) is 111 Å². The van der Waals surface area contributed by atoms with Crippen molar-refractivity contribution in [2.75, 3.05) is 59.3 Å². The van der Waals surface area contributed by atoms with E-state index >= 15 is 0 Å². The summed E-state index contributed by atoms with van der Waals surface area (Å²) < 4.78 is 139. The smallest absolute Gasteiger partial charge is 0.380 e. The van der Waals surface area contributed by atoms with Crippen molar-refractivity contribution in [1.82, 2.24) is 43.4 Å². The third kappa shape index (κ3) is 22.3. The van der Waals surface area contributed by atoms with Gasteiger partial charge in [-0.1, -0.05) is 110 Å². The van der Waals surface area contributed by atoms with Crippen LogP contribution < -0.4 is 16.7 Å². The highest BCUT2D eigenvalue weighted by molar-refractivity contribution is 14.1. The topological polar surface area (TPSA) is 193 Å². The van der Waals surface area contributed by atoms with E-state index in [4.69, 9.17) is 29.2 Å². The number of amides is 3. The number of nitrogens with zero attached hydrogens (tertiary/aromatic N) is 9. The number of para-hydroxylation sites is 4. The summed E-state index contributed by atoms with van der Waals surface area (Å²) >= 11 is 2.18. The summed E-state index contributed by atoms with van der Waals surface area (Å²) in [6, 6.07) is 56.9. The van der Waals surface area contributed by atoms with Crippen LogP contribution in [0.3, 0.4) is 0 Å². The van der Waals surface area contributed by atoms with Gasteiger partial charge < -0.3 is 28.9 Å². The Hall–Kier alpha value is -11.2. The number of benzene rings is 9. The number of hydrogen-bond donors (Lipinski definition) is 0. The van der Waals surface area contributed by atoms with E-state index in [9.17, 15) is 68.3 Å². The summed E-state index contributed by atoms with van der Waals surface area (Å²) in [4.78, 5) is 101. The monoisotopic (exact) mass is 1720 g/mol. The standard InChI is InChI=1S/C31H32F3N3O3.C29H27F3IN3O3.C29H28F3N3O3/c1-4-22-12-16-25(17-13-22)37-29(35-27-9-7-6-8-26(27)30(37)39)21(3)36(18-19-40-5-2)28(38)20-23-10-14-24(15-11-23)31(32,33)34;1-3-39-17-16-35(26(37)18-20-8-10-21(11-9-20)29(30,31)32)19(2)27-34-25-7-5-4-6-24(25)28(38)36(27)23-14-12-22(33)13-15-23;1-3-38-18-17-34(26(36)19-21-13-15-22(16-14-21)29(30,31)32)20(2)27-33-25-12-8-7-11-24(25)28(37)35(27)23-9-5-4-6-10-23/h6-17,21H,4-5,18-20H2,1-3H3;4-15,19H,3,16-18H2,1-2H3;4-16,20H,3,17-19H2,1-2H3/t21-;19-;20-/m111/s1. The van der Waals surface area contributed by atoms with Crippen LogP contribution in [0.5, 0.6) is 0 Å². The Morgan fingerprint density at radius 2 is 0.615 bits per heavy atom. The van der Waals surface area contributed by atoms with Gasteiger partial charge in [0, 0.05) is 43.0 Å². The molecule has 0 radical (unpaired) electrons. The second-order valence-corrected chi connectivity index (χ2v) is 28.5. The fourth-order valence-electron chi connectivity index (χ4n) is 13.3. The molecule has 0 saturated heterocycles. The second kappa shape index (κ2) is 40.1. The molecule has 12 aromatic rings. The van der Waals surface area contributed by atoms with Gasteiger partial charge in [0.1, 0.15) is 17.5 Å². The van der Waals surface area contributed by atoms with Crippen LogP contribution in [0.1, 0.15) is 123 Å². The van der Waals surface area contributed by atoms with Crippen LogP contribution >= 0.6 is 22.6 Å². The van der Waals surface area contributed by atoms with Crippen LogP contribution in [0.2, 0.25) is 0 Å². The summed E-state index contributed by atoms with van der Waals surface area (Å²) in [5.74, 6) is 0.166. The van der Waals surface area contributed by atoms with Gasteiger partial charge in [-0.3, -0.25) is 42.5 Å². The van der Waals surface area contributed by atoms with Gasteiger partial charge in [-0.25, -0.2) is 15.0 Å². The fraction of sp³-hybridized carbons (Fsp3) is 0.292. The van der Waals surface area contributed by atoms with Crippen LogP contribution in [-0.4, -0.2) is 120 Å². The van der Waals surface area contributed by atoms with Crippen LogP contribution in [-0.2, 0) is 72.8 Å². The van der Waals surface area contributed by atoms with Gasteiger partial charge in [-0.2, -0.15) is 39.5 Å². The number of fused-ring (bicyclic) bond motifs is 3. The first-order chi connectivity index (χ1) is 55.9. The molecule has 12 rings (SSSR count). The molecule has 0 unspecified atom stereocenters. The minimum absolute atomic E-state index is 0.113. The molecule has 0 spiro atoms. The molecule has 0 aliphatic rings. The van der Waals surface area contributed by atoms with Gasteiger partial charge in [0.05, 0.1) is 124 Å². The highest BCUT2D eigenvalue weighted by Gasteiger charge is 2.35. The fourth-order valence-corrected chi connectivity index (χ4v) is 13.7. The van der Waals surface area contributed by atoms with E-state index < -0.39 is 53.3 Å². The van der Waals surface area contributed by atoms with Gasteiger partial charge >= 0.3 is 18.5 Å². The van der Waals surface area contributed by atoms with Gasteiger partial charge in [-0.05, 0) is 214 Å². The summed E-state index contributed by atoms with van der Waals surface area (Å²) in [7, 11) is 0. The molecule has 612 valence electrons. The van der Waals surface area contributed by atoms with E-state index in [2.05, 4.69) is 22.6 Å². The van der Waals surface area contributed by atoms with Crippen LogP contribution in [0, 0.1) is 3.57 Å². The Balaban J connectivity index is 0.000000185. The maximum absolute atomic E-state index is 13.8. The first kappa shape index (κ1) is 88.2. The molecule has 117 heavy (non-hydrogen) atoms. The zero-order valence-electron chi connectivity index (χ0n) is 65.3. The van der Waals surface area contributed by atoms with Gasteiger partial charge in [0.15, 0.2) is 0 Å². The number of aromatic nitrogens is 6. The normalized spacial score (nSPS) is 12.5. The number of carbonyl (C=O) groups excluding carboxylic acids is 3. The number of halogens is 10. The zero-order chi connectivity index (χ0) is 84.3. The van der Waals surface area contributed by atoms with Crippen molar-refractivity contribution < 1.29 is 68.1 Å². The van der Waals surface area contributed by atoms with Gasteiger partial charge in [-0.15, -0.1) is 0 Å². The Kier molecular flexibility index (Phi) is 30.2. The lowest BCUT2D eigenvalue weighted by molar-refractivity contribution is -0.138. The first-order valence-corrected chi connectivity index (χ1v) is 39.1. The quantitative estimate of drug-likeness (QED) is 0.0256. The summed E-state index contributed by atoms with van der Waals surface area (Å²) in [6.07, 6.45) is -12.9. The van der Waals surface area contributed by atoms with Crippen molar-refractivity contribution in [3.63, 3.8) is 0 Å². The lowest BCUT2D eigenvalue weighted by Gasteiger charge is -2.31. The van der Waals surface area contributed by atoms with Crippen molar-refractivity contribution in [3.05, 3.63) is 316 Å². The van der Waals surface area contributed by atoms with Gasteiger partial charge in [0.2, 0.25) is 17.7 Å². The Bertz CT molecular complexity index is 5560. The number of carbonyl (C=O) groups is 3. The molecule has 0 fully saturated rings. The summed E-state index contributed by atoms with van der Waals surface area (Å²) in [5.41, 5.74) is 2.73. The molecular weight excluding hydrogens is 1640 g/mol. The predicted molar refractivity (Wildman–Crippen MR) is 439 cm³/mol. The maximum atomic E-state index is 13.8. The number of ether oxygens (including phenoxy) is 3. The first-order valence-electron chi connectivity index (χ1n) is 38.0. The van der Waals surface area contributed by atoms with E-state index in [1.165, 1.54) is 50.1 Å². The van der Waals surface area contributed by atoms with E-state index in [-0.39, 0.29) is 93.1 Å². The van der Waals surface area contributed by atoms with Gasteiger partial charge in [0.25, 0.3) is 16.7 Å². The SMILES string of the molecule is CCOCCN(C(=O)Cc1ccc(C(F)(F)F)cc1)[C@H](C)c1nc2ccccc2c(=O)n1-c1ccc(CC)cc1.CCOCCN(C(=O)Cc1ccc(C(F)(F)F)cc1)[C@H](C)c1nc2ccccc2c(=O)n1-c1ccc(I)cc1.CCOCCN(C(=O)Cc1ccc(C(F)(F)F)cc1)[C@H](C)c1nc2ccccc2c(=O)n1-c1ccccc1. The highest BCUT2D eigenvalue weighted by Crippen LogP contribution is 2.34. The Morgan fingerprint density at radius 1 is 0.359 bits per heavy atom. The lowest BCUT2D eigenvalue weighted by atomic mass is 10.1. The lowest BCUT2D eigenvalue weighted by Crippen LogP contribution is -2.40. The third-order valence-electron chi connectivity index (χ3n) is 19.5. The molecular formula is C89H87F9IN9O9. The van der Waals surface area contributed by atoms with E-state index in [0.717, 1.165) is 52.0 Å². The van der Waals surface area contributed by atoms with Crippen LogP contribution in [0.15, 0.2) is 239 Å². The van der Waals surface area contributed by atoms with Crippen molar-refractivity contribution in [3.8, 4) is 17.1 Å². The largest absolute Gasteiger partial charge is 0.416 e. The molecule has 0 N–H and O–H groups in total. The molecule has 9 aromatic carbocycles. The van der Waals surface area contributed by atoms with E-state index in [1.807, 2.05) is 94.4 Å². The van der Waals surface area contributed by atoms with E-state index in [1.54, 1.807) is 120 Å². The third-order valence-corrected chi connectivity index (χ3v) is 20.3. The number of hydrogen-bond acceptors (Lipinski definition) is 12.